The molecule has 0 amide bonds. The van der Waals surface area contributed by atoms with Gasteiger partial charge in [-0.1, -0.05) is 38.1 Å². The minimum atomic E-state index is 0.913. The third-order valence-corrected chi connectivity index (χ3v) is 5.34. The van der Waals surface area contributed by atoms with Gasteiger partial charge in [0.15, 0.2) is 0 Å². The molecule has 4 aromatic heterocycles. The first kappa shape index (κ1) is 20.9. The summed E-state index contributed by atoms with van der Waals surface area (Å²) in [7, 11) is 0. The second-order valence-electron chi connectivity index (χ2n) is 7.62. The molecular weight excluding hydrogens is 380 g/mol. The van der Waals surface area contributed by atoms with Crippen LogP contribution in [0.15, 0.2) is 72.8 Å². The molecule has 0 aromatic carbocycles. The summed E-state index contributed by atoms with van der Waals surface area (Å²) >= 11 is 0. The van der Waals surface area contributed by atoms with Gasteiger partial charge in [-0.15, -0.1) is 0 Å². The van der Waals surface area contributed by atoms with Gasteiger partial charge in [0.1, 0.15) is 0 Å². The lowest BCUT2D eigenvalue weighted by atomic mass is 10.1. The normalized spacial score (nSPS) is 10.9. The lowest BCUT2D eigenvalue weighted by Gasteiger charge is -2.07. The van der Waals surface area contributed by atoms with Gasteiger partial charge >= 0.3 is 0 Å². The van der Waals surface area contributed by atoms with Gasteiger partial charge in [0.25, 0.3) is 0 Å². The van der Waals surface area contributed by atoms with Crippen molar-refractivity contribution in [3.8, 4) is 22.8 Å². The van der Waals surface area contributed by atoms with E-state index in [1.54, 1.807) is 0 Å². The van der Waals surface area contributed by atoms with E-state index in [2.05, 4.69) is 62.4 Å². The Balaban J connectivity index is 1.42. The molecule has 0 bridgehead atoms. The highest BCUT2D eigenvalue weighted by Gasteiger charge is 2.06. The molecule has 31 heavy (non-hydrogen) atoms. The highest BCUT2D eigenvalue weighted by molar-refractivity contribution is 5.55. The van der Waals surface area contributed by atoms with Crippen LogP contribution >= 0.6 is 0 Å². The van der Waals surface area contributed by atoms with Crippen LogP contribution in [0.1, 0.15) is 43.0 Å². The van der Waals surface area contributed by atoms with Crippen LogP contribution < -0.4 is 0 Å². The second-order valence-corrected chi connectivity index (χ2v) is 7.62. The first-order valence-electron chi connectivity index (χ1n) is 11.1. The molecule has 0 aliphatic rings. The van der Waals surface area contributed by atoms with Crippen LogP contribution in [-0.4, -0.2) is 19.9 Å². The van der Waals surface area contributed by atoms with E-state index in [9.17, 15) is 0 Å². The Bertz CT molecular complexity index is 1060. The molecule has 0 unspecified atom stereocenters. The first-order valence-corrected chi connectivity index (χ1v) is 11.1. The molecule has 4 rings (SSSR count). The van der Waals surface area contributed by atoms with Gasteiger partial charge in [0.2, 0.25) is 0 Å². The highest BCUT2D eigenvalue weighted by atomic mass is 14.8. The minimum absolute atomic E-state index is 0.913. The average Bonchev–Trinajstić information content (AvgIpc) is 2.84. The summed E-state index contributed by atoms with van der Waals surface area (Å²) in [4.78, 5) is 19.1. The Labute approximate surface area is 184 Å². The predicted molar refractivity (Wildman–Crippen MR) is 126 cm³/mol. The van der Waals surface area contributed by atoms with Crippen molar-refractivity contribution in [3.63, 3.8) is 0 Å². The number of aromatic nitrogens is 4. The van der Waals surface area contributed by atoms with Crippen molar-refractivity contribution in [2.75, 3.05) is 0 Å². The first-order chi connectivity index (χ1) is 15.2. The molecule has 0 spiro atoms. The number of aryl methyl sites for hydroxylation is 4. The number of nitrogens with zero attached hydrogens (tertiary/aromatic N) is 4. The molecule has 0 saturated carbocycles. The summed E-state index contributed by atoms with van der Waals surface area (Å²) in [5, 5.41) is 0. The fourth-order valence-electron chi connectivity index (χ4n) is 3.61. The van der Waals surface area contributed by atoms with Crippen LogP contribution in [0.5, 0.6) is 0 Å². The van der Waals surface area contributed by atoms with E-state index in [-0.39, 0.29) is 0 Å². The van der Waals surface area contributed by atoms with Crippen molar-refractivity contribution < 1.29 is 0 Å². The average molecular weight is 409 g/mol. The summed E-state index contributed by atoms with van der Waals surface area (Å²) in [6, 6.07) is 24.7. The van der Waals surface area contributed by atoms with Gasteiger partial charge in [-0.3, -0.25) is 19.9 Å². The molecule has 0 N–H and O–H groups in total. The Morgan fingerprint density at radius 3 is 1.13 bits per heavy atom. The molecule has 4 heterocycles. The van der Waals surface area contributed by atoms with Crippen LogP contribution in [0.25, 0.3) is 22.8 Å². The fraction of sp³-hybridized carbons (Fsp3) is 0.259. The van der Waals surface area contributed by atoms with Crippen molar-refractivity contribution in [3.05, 3.63) is 95.6 Å². The fourth-order valence-corrected chi connectivity index (χ4v) is 3.61. The smallest absolute Gasteiger partial charge is 0.0889 e. The van der Waals surface area contributed by atoms with E-state index in [0.29, 0.717) is 0 Å². The zero-order valence-electron chi connectivity index (χ0n) is 18.3. The summed E-state index contributed by atoms with van der Waals surface area (Å²) in [6.45, 7) is 4.24. The van der Waals surface area contributed by atoms with Crippen LogP contribution in [-0.2, 0) is 25.7 Å². The topological polar surface area (TPSA) is 51.6 Å². The number of hydrogen-bond acceptors (Lipinski definition) is 4. The Morgan fingerprint density at radius 1 is 0.452 bits per heavy atom. The van der Waals surface area contributed by atoms with Crippen molar-refractivity contribution in [1.29, 1.82) is 0 Å². The molecule has 4 aromatic rings. The maximum absolute atomic E-state index is 4.84. The number of pyridine rings is 4. The second kappa shape index (κ2) is 10.1. The van der Waals surface area contributed by atoms with Gasteiger partial charge < -0.3 is 0 Å². The van der Waals surface area contributed by atoms with Crippen molar-refractivity contribution in [2.45, 2.75) is 46.0 Å². The molecular formula is C27H28N4. The molecule has 0 aliphatic carbocycles. The van der Waals surface area contributed by atoms with E-state index in [1.807, 2.05) is 24.3 Å². The van der Waals surface area contributed by atoms with Gasteiger partial charge in [0.05, 0.1) is 22.8 Å². The molecule has 0 atom stereocenters. The van der Waals surface area contributed by atoms with Crippen molar-refractivity contribution in [2.24, 2.45) is 0 Å². The molecule has 0 saturated heterocycles. The quantitative estimate of drug-likeness (QED) is 0.364. The van der Waals surface area contributed by atoms with E-state index < -0.39 is 0 Å². The van der Waals surface area contributed by atoms with Gasteiger partial charge in [0, 0.05) is 22.8 Å². The van der Waals surface area contributed by atoms with Crippen LogP contribution in [0.2, 0.25) is 0 Å². The maximum atomic E-state index is 4.84. The standard InChI is InChI=1S/C27H28N4/c1-3-20-10-6-16-24(28-20)26-18-8-14-22(30-26)12-5-13-23-15-9-19-27(31-23)25-17-7-11-21(4-2)29-25/h6-11,14-19H,3-5,12-13H2,1-2H3. The summed E-state index contributed by atoms with van der Waals surface area (Å²) in [5.41, 5.74) is 8.13. The third-order valence-electron chi connectivity index (χ3n) is 5.34. The Hall–Kier alpha value is -3.40. The van der Waals surface area contributed by atoms with Crippen LogP contribution in [0, 0.1) is 0 Å². The zero-order chi connectivity index (χ0) is 21.5. The summed E-state index contributed by atoms with van der Waals surface area (Å²) in [5.74, 6) is 0. The van der Waals surface area contributed by atoms with Crippen LogP contribution in [0.3, 0.4) is 0 Å². The molecule has 156 valence electrons. The molecule has 4 nitrogen and oxygen atoms in total. The molecule has 0 aliphatic heterocycles. The Morgan fingerprint density at radius 2 is 0.774 bits per heavy atom. The van der Waals surface area contributed by atoms with Gasteiger partial charge in [-0.2, -0.15) is 0 Å². The highest BCUT2D eigenvalue weighted by Crippen LogP contribution is 2.18. The Kier molecular flexibility index (Phi) is 6.78. The summed E-state index contributed by atoms with van der Waals surface area (Å²) < 4.78 is 0. The molecule has 0 radical (unpaired) electrons. The van der Waals surface area contributed by atoms with Gasteiger partial charge in [-0.05, 0) is 80.6 Å². The lowest BCUT2D eigenvalue weighted by molar-refractivity contribution is 0.782. The monoisotopic (exact) mass is 408 g/mol. The maximum Gasteiger partial charge on any atom is 0.0889 e. The van der Waals surface area contributed by atoms with Crippen molar-refractivity contribution in [1.82, 2.24) is 19.9 Å². The van der Waals surface area contributed by atoms with E-state index in [0.717, 1.165) is 77.7 Å². The lowest BCUT2D eigenvalue weighted by Crippen LogP contribution is -1.99. The van der Waals surface area contributed by atoms with E-state index in [1.165, 1.54) is 0 Å². The minimum Gasteiger partial charge on any atom is -0.251 e. The predicted octanol–water partition coefficient (Wildman–Crippen LogP) is 5.90. The summed E-state index contributed by atoms with van der Waals surface area (Å²) in [6.07, 6.45) is 4.68. The van der Waals surface area contributed by atoms with Crippen LogP contribution in [0.4, 0.5) is 0 Å². The molecule has 4 heteroatoms. The van der Waals surface area contributed by atoms with Gasteiger partial charge in [-0.25, -0.2) is 0 Å². The van der Waals surface area contributed by atoms with E-state index in [4.69, 9.17) is 19.9 Å². The third kappa shape index (κ3) is 5.40. The number of rotatable bonds is 8. The molecule has 0 fully saturated rings. The van der Waals surface area contributed by atoms with E-state index >= 15 is 0 Å². The largest absolute Gasteiger partial charge is 0.251 e. The SMILES string of the molecule is CCc1cccc(-c2cccc(CCCc3cccc(-c4cccc(CC)n4)n3)n2)n1. The van der Waals surface area contributed by atoms with Crippen molar-refractivity contribution >= 4 is 0 Å². The zero-order valence-corrected chi connectivity index (χ0v) is 18.3. The number of hydrogen-bond donors (Lipinski definition) is 0.